The van der Waals surface area contributed by atoms with Crippen LogP contribution < -0.4 is 9.60 Å². The van der Waals surface area contributed by atoms with Gasteiger partial charge in [0.1, 0.15) is 0 Å². The van der Waals surface area contributed by atoms with Crippen molar-refractivity contribution < 1.29 is 21.6 Å². The number of anilines is 1. The third-order valence-electron chi connectivity index (χ3n) is 3.86. The summed E-state index contributed by atoms with van der Waals surface area (Å²) in [6.45, 7) is 2.47. The molecule has 0 radical (unpaired) electrons. The van der Waals surface area contributed by atoms with Crippen LogP contribution in [0.4, 0.5) is 18.9 Å². The molecule has 1 heterocycles. The number of thiazole rings is 1. The fourth-order valence-electron chi connectivity index (χ4n) is 2.59. The maximum Gasteiger partial charge on any atom is 0.416 e. The van der Waals surface area contributed by atoms with E-state index in [4.69, 9.17) is 0 Å². The van der Waals surface area contributed by atoms with Crippen molar-refractivity contribution in [3.05, 3.63) is 57.7 Å². The topological polar surface area (TPSA) is 68.2 Å². The minimum absolute atomic E-state index is 0.0137. The van der Waals surface area contributed by atoms with Gasteiger partial charge in [0.15, 0.2) is 0 Å². The summed E-state index contributed by atoms with van der Waals surface area (Å²) in [5.41, 5.74) is -0.200. The predicted molar refractivity (Wildman–Crippen MR) is 98.6 cm³/mol. The number of sulfonamides is 1. The Morgan fingerprint density at radius 1 is 1.11 bits per heavy atom. The molecule has 0 saturated heterocycles. The van der Waals surface area contributed by atoms with Gasteiger partial charge >= 0.3 is 11.0 Å². The smallest absolute Gasteiger partial charge is 0.299 e. The molecule has 0 bridgehead atoms. The van der Waals surface area contributed by atoms with E-state index in [0.717, 1.165) is 42.0 Å². The van der Waals surface area contributed by atoms with Gasteiger partial charge in [-0.2, -0.15) is 13.2 Å². The average Bonchev–Trinajstić information content (AvgIpc) is 2.89. The summed E-state index contributed by atoms with van der Waals surface area (Å²) < 4.78 is 67.2. The SMILES string of the molecule is CCCn1c(=O)sc2cc(S(=O)(=O)Nc3ccc(C(F)(F)F)cc3)ccc21. The molecule has 0 spiro atoms. The van der Waals surface area contributed by atoms with Gasteiger partial charge < -0.3 is 0 Å². The first-order valence-corrected chi connectivity index (χ1v) is 10.3. The summed E-state index contributed by atoms with van der Waals surface area (Å²) in [5, 5.41) is 0. The number of halogens is 3. The molecule has 2 aromatic carbocycles. The molecule has 0 unspecified atom stereocenters. The average molecular weight is 416 g/mol. The lowest BCUT2D eigenvalue weighted by molar-refractivity contribution is -0.137. The first kappa shape index (κ1) is 19.4. The van der Waals surface area contributed by atoms with Gasteiger partial charge in [-0.1, -0.05) is 18.3 Å². The van der Waals surface area contributed by atoms with E-state index in [1.54, 1.807) is 10.6 Å². The van der Waals surface area contributed by atoms with E-state index in [1.807, 2.05) is 6.92 Å². The van der Waals surface area contributed by atoms with Gasteiger partial charge in [0.25, 0.3) is 10.0 Å². The Bertz CT molecular complexity index is 1130. The highest BCUT2D eigenvalue weighted by atomic mass is 32.2. The molecule has 0 fully saturated rings. The number of hydrogen-bond donors (Lipinski definition) is 1. The summed E-state index contributed by atoms with van der Waals surface area (Å²) in [7, 11) is -4.00. The second kappa shape index (κ2) is 7.01. The van der Waals surface area contributed by atoms with Gasteiger partial charge in [0.05, 0.1) is 20.7 Å². The molecule has 0 aliphatic heterocycles. The molecular weight excluding hydrogens is 401 g/mol. The van der Waals surface area contributed by atoms with Gasteiger partial charge in [-0.15, -0.1) is 0 Å². The lowest BCUT2D eigenvalue weighted by Gasteiger charge is -2.10. The number of nitrogens with one attached hydrogen (secondary N) is 1. The number of alkyl halides is 3. The number of rotatable bonds is 5. The first-order valence-electron chi connectivity index (χ1n) is 7.95. The molecule has 3 rings (SSSR count). The zero-order valence-corrected chi connectivity index (χ0v) is 15.7. The van der Waals surface area contributed by atoms with E-state index in [9.17, 15) is 26.4 Å². The largest absolute Gasteiger partial charge is 0.416 e. The van der Waals surface area contributed by atoms with Crippen molar-refractivity contribution in [3.8, 4) is 0 Å². The van der Waals surface area contributed by atoms with E-state index < -0.39 is 21.8 Å². The minimum Gasteiger partial charge on any atom is -0.299 e. The number of aryl methyl sites for hydroxylation is 1. The molecule has 0 atom stereocenters. The lowest BCUT2D eigenvalue weighted by Crippen LogP contribution is -2.14. The Kier molecular flexibility index (Phi) is 5.04. The molecular formula is C17H15F3N2O3S2. The molecule has 1 aromatic heterocycles. The number of fused-ring (bicyclic) bond motifs is 1. The van der Waals surface area contributed by atoms with Crippen molar-refractivity contribution in [2.45, 2.75) is 31.0 Å². The van der Waals surface area contributed by atoms with E-state index in [-0.39, 0.29) is 15.5 Å². The fraction of sp³-hybridized carbons (Fsp3) is 0.235. The molecule has 27 heavy (non-hydrogen) atoms. The second-order valence-corrected chi connectivity index (χ2v) is 8.51. The monoisotopic (exact) mass is 416 g/mol. The minimum atomic E-state index is -4.49. The molecule has 10 heteroatoms. The molecule has 0 saturated carbocycles. The van der Waals surface area contributed by atoms with E-state index in [2.05, 4.69) is 4.72 Å². The Labute approximate surface area is 157 Å². The van der Waals surface area contributed by atoms with Gasteiger partial charge in [-0.25, -0.2) is 8.42 Å². The van der Waals surface area contributed by atoms with Crippen LogP contribution >= 0.6 is 11.3 Å². The zero-order chi connectivity index (χ0) is 19.8. The van der Waals surface area contributed by atoms with Crippen LogP contribution in [0.2, 0.25) is 0 Å². The van der Waals surface area contributed by atoms with E-state index in [1.165, 1.54) is 12.1 Å². The number of aromatic nitrogens is 1. The Hall–Kier alpha value is -2.33. The Morgan fingerprint density at radius 3 is 2.37 bits per heavy atom. The van der Waals surface area contributed by atoms with Crippen molar-refractivity contribution >= 4 is 37.3 Å². The molecule has 1 N–H and O–H groups in total. The fourth-order valence-corrected chi connectivity index (χ4v) is 4.71. The van der Waals surface area contributed by atoms with Gasteiger partial charge in [-0.3, -0.25) is 14.1 Å². The van der Waals surface area contributed by atoms with Gasteiger partial charge in [-0.05, 0) is 48.9 Å². The molecule has 144 valence electrons. The highest BCUT2D eigenvalue weighted by Gasteiger charge is 2.30. The maximum absolute atomic E-state index is 12.6. The predicted octanol–water partition coefficient (Wildman–Crippen LogP) is 4.29. The van der Waals surface area contributed by atoms with Crippen molar-refractivity contribution in [3.63, 3.8) is 0 Å². The third-order valence-corrected chi connectivity index (χ3v) is 6.18. The van der Waals surface area contributed by atoms with Crippen molar-refractivity contribution in [2.75, 3.05) is 4.72 Å². The van der Waals surface area contributed by atoms with Crippen LogP contribution in [0.5, 0.6) is 0 Å². The second-order valence-electron chi connectivity index (χ2n) is 5.83. The molecule has 0 aliphatic rings. The highest BCUT2D eigenvalue weighted by molar-refractivity contribution is 7.92. The Morgan fingerprint density at radius 2 is 1.78 bits per heavy atom. The van der Waals surface area contributed by atoms with Crippen molar-refractivity contribution in [1.82, 2.24) is 4.57 Å². The van der Waals surface area contributed by atoms with E-state index in [0.29, 0.717) is 16.8 Å². The van der Waals surface area contributed by atoms with E-state index >= 15 is 0 Å². The molecule has 0 aliphatic carbocycles. The number of nitrogens with zero attached hydrogens (tertiary/aromatic N) is 1. The quantitative estimate of drug-likeness (QED) is 0.675. The van der Waals surface area contributed by atoms with Crippen molar-refractivity contribution in [2.24, 2.45) is 0 Å². The first-order chi connectivity index (χ1) is 12.6. The molecule has 0 amide bonds. The summed E-state index contributed by atoms with van der Waals surface area (Å²) in [5.74, 6) is 0. The van der Waals surface area contributed by atoms with Crippen LogP contribution in [0.25, 0.3) is 10.2 Å². The van der Waals surface area contributed by atoms with Crippen LogP contribution in [0.3, 0.4) is 0 Å². The standard InChI is InChI=1S/C17H15F3N2O3S2/c1-2-9-22-14-8-7-13(10-15(14)26-16(22)23)27(24,25)21-12-5-3-11(4-6-12)17(18,19)20/h3-8,10,21H,2,9H2,1H3. The number of benzene rings is 2. The summed E-state index contributed by atoms with van der Waals surface area (Å²) in [6, 6.07) is 8.02. The Balaban J connectivity index is 1.92. The third kappa shape index (κ3) is 4.01. The zero-order valence-electron chi connectivity index (χ0n) is 14.1. The normalized spacial score (nSPS) is 12.4. The van der Waals surface area contributed by atoms with Crippen LogP contribution in [0, 0.1) is 0 Å². The maximum atomic E-state index is 12.6. The lowest BCUT2D eigenvalue weighted by atomic mass is 10.2. The number of hydrogen-bond acceptors (Lipinski definition) is 4. The molecule has 3 aromatic rings. The van der Waals surface area contributed by atoms with Gasteiger partial charge in [0, 0.05) is 12.2 Å². The van der Waals surface area contributed by atoms with Crippen LogP contribution in [0.15, 0.2) is 52.2 Å². The van der Waals surface area contributed by atoms with Crippen LogP contribution in [-0.4, -0.2) is 13.0 Å². The summed E-state index contributed by atoms with van der Waals surface area (Å²) >= 11 is 0.950. The molecule has 5 nitrogen and oxygen atoms in total. The van der Waals surface area contributed by atoms with Crippen molar-refractivity contribution in [1.29, 1.82) is 0 Å². The van der Waals surface area contributed by atoms with Crippen LogP contribution in [0.1, 0.15) is 18.9 Å². The summed E-state index contributed by atoms with van der Waals surface area (Å²) in [6.07, 6.45) is -3.73. The highest BCUT2D eigenvalue weighted by Crippen LogP contribution is 2.30. The summed E-state index contributed by atoms with van der Waals surface area (Å²) in [4.78, 5) is 11.8. The van der Waals surface area contributed by atoms with Crippen LogP contribution in [-0.2, 0) is 22.7 Å². The van der Waals surface area contributed by atoms with Gasteiger partial charge in [0.2, 0.25) is 0 Å².